The highest BCUT2D eigenvalue weighted by atomic mass is 35.5. The Morgan fingerprint density at radius 3 is 2.65 bits per heavy atom. The number of halogens is 1. The van der Waals surface area contributed by atoms with E-state index in [1.165, 1.54) is 11.1 Å². The first kappa shape index (κ1) is 15.9. The topological polar surface area (TPSA) is 29.5 Å². The highest BCUT2D eigenvalue weighted by molar-refractivity contribution is 6.62. The van der Waals surface area contributed by atoms with Crippen LogP contribution in [0.25, 0.3) is 0 Å². The summed E-state index contributed by atoms with van der Waals surface area (Å²) in [6.45, 7) is 3.47. The number of rotatable bonds is 3. The highest BCUT2D eigenvalue weighted by Crippen LogP contribution is 2.31. The zero-order chi connectivity index (χ0) is 16.2. The molecule has 3 nitrogen and oxygen atoms in total. The summed E-state index contributed by atoms with van der Waals surface area (Å²) in [4.78, 5) is 13.1. The summed E-state index contributed by atoms with van der Waals surface area (Å²) in [5.41, 5.74) is 2.36. The third-order valence-corrected chi connectivity index (χ3v) is 4.46. The molecule has 1 heterocycles. The van der Waals surface area contributed by atoms with Gasteiger partial charge in [0.1, 0.15) is 11.5 Å². The molecule has 0 radical (unpaired) electrons. The van der Waals surface area contributed by atoms with Crippen molar-refractivity contribution >= 4 is 17.0 Å². The zero-order valence-corrected chi connectivity index (χ0v) is 13.9. The van der Waals surface area contributed by atoms with E-state index in [1.54, 1.807) is 4.90 Å². The van der Waals surface area contributed by atoms with Crippen LogP contribution in [0.1, 0.15) is 29.9 Å². The van der Waals surface area contributed by atoms with Crippen LogP contribution in [0.3, 0.4) is 0 Å². The number of hydrogen-bond donors (Lipinski definition) is 0. The molecular formula is C19H20ClNO2. The molecule has 1 fully saturated rings. The molecule has 0 aliphatic carbocycles. The fourth-order valence-electron chi connectivity index (χ4n) is 3.06. The fourth-order valence-corrected chi connectivity index (χ4v) is 3.21. The third kappa shape index (κ3) is 4.05. The lowest BCUT2D eigenvalue weighted by Crippen LogP contribution is -2.36. The maximum absolute atomic E-state index is 11.4. The summed E-state index contributed by atoms with van der Waals surface area (Å²) in [5.74, 6) is 1.97. The standard InChI is InChI=1S/C19H20ClNO2/c1-14-5-2-8-17(11-14)23-18-9-3-6-15(12-18)16-7-4-10-21(13-16)19(20)22/h2-3,5-6,8-9,11-12,16H,4,7,10,13H2,1H3. The average molecular weight is 330 g/mol. The van der Waals surface area contributed by atoms with E-state index >= 15 is 0 Å². The summed E-state index contributed by atoms with van der Waals surface area (Å²) in [5, 5.41) is -0.359. The third-order valence-electron chi connectivity index (χ3n) is 4.22. The molecule has 1 aliphatic heterocycles. The molecule has 4 heteroatoms. The van der Waals surface area contributed by atoms with E-state index in [-0.39, 0.29) is 5.37 Å². The minimum atomic E-state index is -0.359. The second-order valence-electron chi connectivity index (χ2n) is 6.03. The van der Waals surface area contributed by atoms with Crippen molar-refractivity contribution in [1.82, 2.24) is 4.90 Å². The van der Waals surface area contributed by atoms with Crippen molar-refractivity contribution in [2.24, 2.45) is 0 Å². The summed E-state index contributed by atoms with van der Waals surface area (Å²) in [6.07, 6.45) is 2.04. The average Bonchev–Trinajstić information content (AvgIpc) is 2.55. The molecule has 23 heavy (non-hydrogen) atoms. The largest absolute Gasteiger partial charge is 0.457 e. The van der Waals surface area contributed by atoms with Crippen molar-refractivity contribution in [3.8, 4) is 11.5 Å². The Morgan fingerprint density at radius 2 is 1.91 bits per heavy atom. The molecule has 2 aromatic carbocycles. The van der Waals surface area contributed by atoms with Crippen molar-refractivity contribution in [2.45, 2.75) is 25.7 Å². The molecule has 1 aliphatic rings. The van der Waals surface area contributed by atoms with E-state index in [0.29, 0.717) is 12.5 Å². The predicted molar refractivity (Wildman–Crippen MR) is 92.5 cm³/mol. The number of amides is 1. The summed E-state index contributed by atoms with van der Waals surface area (Å²) in [6, 6.07) is 16.1. The van der Waals surface area contributed by atoms with Gasteiger partial charge in [-0.15, -0.1) is 0 Å². The number of benzene rings is 2. The Morgan fingerprint density at radius 1 is 1.17 bits per heavy atom. The van der Waals surface area contributed by atoms with Crippen molar-refractivity contribution in [3.05, 3.63) is 59.7 Å². The predicted octanol–water partition coefficient (Wildman–Crippen LogP) is 5.33. The first-order chi connectivity index (χ1) is 11.1. The Kier molecular flexibility index (Phi) is 4.87. The van der Waals surface area contributed by atoms with E-state index in [4.69, 9.17) is 16.3 Å². The van der Waals surface area contributed by atoms with Gasteiger partial charge in [0.2, 0.25) is 0 Å². The van der Waals surface area contributed by atoms with Gasteiger partial charge in [0.15, 0.2) is 0 Å². The summed E-state index contributed by atoms with van der Waals surface area (Å²) < 4.78 is 5.96. The molecular weight excluding hydrogens is 310 g/mol. The number of nitrogens with zero attached hydrogens (tertiary/aromatic N) is 1. The van der Waals surface area contributed by atoms with E-state index in [9.17, 15) is 4.79 Å². The molecule has 0 saturated carbocycles. The summed E-state index contributed by atoms with van der Waals surface area (Å²) in [7, 11) is 0. The van der Waals surface area contributed by atoms with Crippen LogP contribution >= 0.6 is 11.6 Å². The summed E-state index contributed by atoms with van der Waals surface area (Å²) >= 11 is 5.63. The Balaban J connectivity index is 1.75. The molecule has 0 N–H and O–H groups in total. The number of aryl methyl sites for hydroxylation is 1. The molecule has 1 unspecified atom stereocenters. The molecule has 120 valence electrons. The quantitative estimate of drug-likeness (QED) is 0.563. The monoisotopic (exact) mass is 329 g/mol. The van der Waals surface area contributed by atoms with Gasteiger partial charge in [0.25, 0.3) is 0 Å². The van der Waals surface area contributed by atoms with Gasteiger partial charge >= 0.3 is 5.37 Å². The number of likely N-dealkylation sites (tertiary alicyclic amines) is 1. The number of ether oxygens (including phenoxy) is 1. The van der Waals surface area contributed by atoms with E-state index in [0.717, 1.165) is 30.9 Å². The van der Waals surface area contributed by atoms with Crippen molar-refractivity contribution < 1.29 is 9.53 Å². The lowest BCUT2D eigenvalue weighted by atomic mass is 9.91. The van der Waals surface area contributed by atoms with Gasteiger partial charge in [-0.1, -0.05) is 24.3 Å². The van der Waals surface area contributed by atoms with Gasteiger partial charge in [-0.05, 0) is 66.8 Å². The molecule has 2 aromatic rings. The smallest absolute Gasteiger partial charge is 0.316 e. The van der Waals surface area contributed by atoms with E-state index < -0.39 is 0 Å². The van der Waals surface area contributed by atoms with Crippen LogP contribution in [0.4, 0.5) is 4.79 Å². The van der Waals surface area contributed by atoms with Crippen molar-refractivity contribution in [2.75, 3.05) is 13.1 Å². The van der Waals surface area contributed by atoms with Gasteiger partial charge < -0.3 is 9.64 Å². The minimum absolute atomic E-state index is 0.313. The van der Waals surface area contributed by atoms with Gasteiger partial charge in [-0.25, -0.2) is 0 Å². The minimum Gasteiger partial charge on any atom is -0.457 e. The second kappa shape index (κ2) is 7.05. The van der Waals surface area contributed by atoms with Gasteiger partial charge in [0, 0.05) is 19.0 Å². The fraction of sp³-hybridized carbons (Fsp3) is 0.316. The first-order valence-electron chi connectivity index (χ1n) is 7.91. The van der Waals surface area contributed by atoms with Gasteiger partial charge in [0.05, 0.1) is 0 Å². The molecule has 1 atom stereocenters. The van der Waals surface area contributed by atoms with E-state index in [2.05, 4.69) is 12.1 Å². The molecule has 0 bridgehead atoms. The lowest BCUT2D eigenvalue weighted by molar-refractivity contribution is 0.202. The Bertz CT molecular complexity index is 701. The molecule has 0 spiro atoms. The number of carbonyl (C=O) groups excluding carboxylic acids is 1. The van der Waals surface area contributed by atoms with Crippen LogP contribution in [-0.2, 0) is 0 Å². The Hall–Kier alpha value is -2.00. The molecule has 1 saturated heterocycles. The van der Waals surface area contributed by atoms with Crippen LogP contribution in [-0.4, -0.2) is 23.4 Å². The maximum atomic E-state index is 11.4. The number of piperidine rings is 1. The van der Waals surface area contributed by atoms with Crippen molar-refractivity contribution in [1.29, 1.82) is 0 Å². The SMILES string of the molecule is Cc1cccc(Oc2cccc(C3CCCN(C(=O)Cl)C3)c2)c1. The molecule has 0 aromatic heterocycles. The van der Waals surface area contributed by atoms with Crippen LogP contribution in [0.15, 0.2) is 48.5 Å². The second-order valence-corrected chi connectivity index (χ2v) is 6.35. The van der Waals surface area contributed by atoms with Gasteiger partial charge in [-0.2, -0.15) is 0 Å². The first-order valence-corrected chi connectivity index (χ1v) is 8.28. The normalized spacial score (nSPS) is 17.8. The number of hydrogen-bond acceptors (Lipinski definition) is 2. The highest BCUT2D eigenvalue weighted by Gasteiger charge is 2.24. The lowest BCUT2D eigenvalue weighted by Gasteiger charge is -2.31. The molecule has 1 amide bonds. The van der Waals surface area contributed by atoms with E-state index in [1.807, 2.05) is 43.3 Å². The maximum Gasteiger partial charge on any atom is 0.316 e. The number of carbonyl (C=O) groups is 1. The zero-order valence-electron chi connectivity index (χ0n) is 13.2. The molecule has 3 rings (SSSR count). The Labute approximate surface area is 141 Å². The van der Waals surface area contributed by atoms with Gasteiger partial charge in [-0.3, -0.25) is 4.79 Å². The van der Waals surface area contributed by atoms with Crippen LogP contribution in [0, 0.1) is 6.92 Å². The van der Waals surface area contributed by atoms with Crippen LogP contribution < -0.4 is 4.74 Å². The van der Waals surface area contributed by atoms with Crippen LogP contribution in [0.2, 0.25) is 0 Å². The van der Waals surface area contributed by atoms with Crippen molar-refractivity contribution in [3.63, 3.8) is 0 Å². The van der Waals surface area contributed by atoms with Crippen LogP contribution in [0.5, 0.6) is 11.5 Å².